The summed E-state index contributed by atoms with van der Waals surface area (Å²) in [4.78, 5) is 25.0. The van der Waals surface area contributed by atoms with Gasteiger partial charge in [0.25, 0.3) is 5.91 Å². The quantitative estimate of drug-likeness (QED) is 0.857. The lowest BCUT2D eigenvalue weighted by molar-refractivity contribution is 0.0622. The van der Waals surface area contributed by atoms with Gasteiger partial charge in [-0.25, -0.2) is 4.98 Å². The molecule has 0 aliphatic carbocycles. The van der Waals surface area contributed by atoms with Crippen LogP contribution in [0.25, 0.3) is 0 Å². The molecule has 1 amide bonds. The van der Waals surface area contributed by atoms with Crippen molar-refractivity contribution < 1.29 is 9.53 Å². The Morgan fingerprint density at radius 3 is 2.38 bits per heavy atom. The van der Waals surface area contributed by atoms with Crippen molar-refractivity contribution in [1.29, 1.82) is 0 Å². The number of methoxy groups -OCH3 is 1. The average molecular weight is 326 g/mol. The van der Waals surface area contributed by atoms with Gasteiger partial charge in [0, 0.05) is 38.9 Å². The molecule has 1 aromatic heterocycles. The number of aryl methyl sites for hydroxylation is 1. The van der Waals surface area contributed by atoms with E-state index < -0.39 is 0 Å². The van der Waals surface area contributed by atoms with Crippen molar-refractivity contribution >= 4 is 5.91 Å². The van der Waals surface area contributed by atoms with E-state index in [-0.39, 0.29) is 5.91 Å². The summed E-state index contributed by atoms with van der Waals surface area (Å²) in [5, 5.41) is 0. The SMILES string of the molecule is COc1ccc(CN2CCN(C(=O)c3cnc(C)cn3)CC2)cc1. The first-order valence-corrected chi connectivity index (χ1v) is 8.09. The van der Waals surface area contributed by atoms with E-state index >= 15 is 0 Å². The minimum atomic E-state index is -0.0356. The molecule has 6 heteroatoms. The summed E-state index contributed by atoms with van der Waals surface area (Å²) < 4.78 is 5.18. The van der Waals surface area contributed by atoms with Crippen LogP contribution < -0.4 is 4.74 Å². The van der Waals surface area contributed by atoms with Gasteiger partial charge in [0.2, 0.25) is 0 Å². The van der Waals surface area contributed by atoms with Gasteiger partial charge in [-0.3, -0.25) is 14.7 Å². The van der Waals surface area contributed by atoms with E-state index in [1.807, 2.05) is 24.0 Å². The second kappa shape index (κ2) is 7.40. The van der Waals surface area contributed by atoms with Crippen molar-refractivity contribution in [2.75, 3.05) is 33.3 Å². The number of carbonyl (C=O) groups excluding carboxylic acids is 1. The molecule has 0 spiro atoms. The predicted molar refractivity (Wildman–Crippen MR) is 90.9 cm³/mol. The molecule has 1 aromatic carbocycles. The Hall–Kier alpha value is -2.47. The lowest BCUT2D eigenvalue weighted by atomic mass is 10.2. The van der Waals surface area contributed by atoms with Gasteiger partial charge in [0.1, 0.15) is 11.4 Å². The molecular formula is C18H22N4O2. The monoisotopic (exact) mass is 326 g/mol. The number of aromatic nitrogens is 2. The van der Waals surface area contributed by atoms with Crippen LogP contribution in [0.4, 0.5) is 0 Å². The molecule has 2 heterocycles. The van der Waals surface area contributed by atoms with E-state index in [4.69, 9.17) is 4.74 Å². The molecule has 1 aliphatic heterocycles. The summed E-state index contributed by atoms with van der Waals surface area (Å²) in [6.45, 7) is 5.89. The lowest BCUT2D eigenvalue weighted by Crippen LogP contribution is -2.48. The standard InChI is InChI=1S/C18H22N4O2/c1-14-11-20-17(12-19-14)18(23)22-9-7-21(8-10-22)13-15-3-5-16(24-2)6-4-15/h3-6,11-12H,7-10,13H2,1-2H3. The number of amides is 1. The zero-order valence-electron chi connectivity index (χ0n) is 14.1. The highest BCUT2D eigenvalue weighted by Gasteiger charge is 2.23. The average Bonchev–Trinajstić information content (AvgIpc) is 2.63. The zero-order chi connectivity index (χ0) is 16.9. The topological polar surface area (TPSA) is 58.6 Å². The second-order valence-electron chi connectivity index (χ2n) is 5.96. The largest absolute Gasteiger partial charge is 0.497 e. The normalized spacial score (nSPS) is 15.3. The molecule has 0 atom stereocenters. The first kappa shape index (κ1) is 16.4. The Morgan fingerprint density at radius 2 is 1.79 bits per heavy atom. The number of carbonyl (C=O) groups is 1. The third-order valence-electron chi connectivity index (χ3n) is 4.22. The molecule has 24 heavy (non-hydrogen) atoms. The third kappa shape index (κ3) is 3.89. The number of piperazine rings is 1. The summed E-state index contributed by atoms with van der Waals surface area (Å²) in [7, 11) is 1.67. The molecule has 1 saturated heterocycles. The molecule has 126 valence electrons. The maximum atomic E-state index is 12.4. The Kier molecular flexibility index (Phi) is 5.05. The van der Waals surface area contributed by atoms with Crippen LogP contribution >= 0.6 is 0 Å². The fourth-order valence-electron chi connectivity index (χ4n) is 2.76. The highest BCUT2D eigenvalue weighted by Crippen LogP contribution is 2.14. The first-order valence-electron chi connectivity index (χ1n) is 8.09. The molecule has 0 radical (unpaired) electrons. The summed E-state index contributed by atoms with van der Waals surface area (Å²) in [6.07, 6.45) is 3.19. The van der Waals surface area contributed by atoms with Crippen LogP contribution in [0.3, 0.4) is 0 Å². The Morgan fingerprint density at radius 1 is 1.08 bits per heavy atom. The minimum Gasteiger partial charge on any atom is -0.497 e. The van der Waals surface area contributed by atoms with Crippen molar-refractivity contribution in [2.24, 2.45) is 0 Å². The lowest BCUT2D eigenvalue weighted by Gasteiger charge is -2.34. The molecule has 1 fully saturated rings. The van der Waals surface area contributed by atoms with Crippen molar-refractivity contribution in [1.82, 2.24) is 19.8 Å². The van der Waals surface area contributed by atoms with Gasteiger partial charge in [0.15, 0.2) is 0 Å². The van der Waals surface area contributed by atoms with E-state index in [0.29, 0.717) is 18.8 Å². The van der Waals surface area contributed by atoms with Gasteiger partial charge >= 0.3 is 0 Å². The number of benzene rings is 1. The third-order valence-corrected chi connectivity index (χ3v) is 4.22. The summed E-state index contributed by atoms with van der Waals surface area (Å²) >= 11 is 0. The number of ether oxygens (including phenoxy) is 1. The van der Waals surface area contributed by atoms with Crippen molar-refractivity contribution in [3.8, 4) is 5.75 Å². The Bertz CT molecular complexity index is 677. The van der Waals surface area contributed by atoms with E-state index in [1.54, 1.807) is 19.5 Å². The Balaban J connectivity index is 1.53. The molecule has 0 bridgehead atoms. The van der Waals surface area contributed by atoms with Gasteiger partial charge in [0.05, 0.1) is 19.0 Å². The number of hydrogen-bond acceptors (Lipinski definition) is 5. The number of hydrogen-bond donors (Lipinski definition) is 0. The van der Waals surface area contributed by atoms with Gasteiger partial charge in [-0.05, 0) is 24.6 Å². The Labute approximate surface area is 142 Å². The fraction of sp³-hybridized carbons (Fsp3) is 0.389. The summed E-state index contributed by atoms with van der Waals surface area (Å²) in [6, 6.07) is 8.12. The molecule has 6 nitrogen and oxygen atoms in total. The number of nitrogens with zero attached hydrogens (tertiary/aromatic N) is 4. The minimum absolute atomic E-state index is 0.0356. The van der Waals surface area contributed by atoms with Crippen LogP contribution in [-0.4, -0.2) is 59.0 Å². The first-order chi connectivity index (χ1) is 11.7. The molecule has 1 aliphatic rings. The van der Waals surface area contributed by atoms with E-state index in [2.05, 4.69) is 27.0 Å². The highest BCUT2D eigenvalue weighted by atomic mass is 16.5. The maximum absolute atomic E-state index is 12.4. The van der Waals surface area contributed by atoms with Crippen LogP contribution in [0, 0.1) is 6.92 Å². The van der Waals surface area contributed by atoms with Crippen LogP contribution in [0.1, 0.15) is 21.7 Å². The van der Waals surface area contributed by atoms with Gasteiger partial charge in [-0.15, -0.1) is 0 Å². The van der Waals surface area contributed by atoms with Crippen LogP contribution in [0.15, 0.2) is 36.7 Å². The summed E-state index contributed by atoms with van der Waals surface area (Å²) in [5.74, 6) is 0.833. The summed E-state index contributed by atoms with van der Waals surface area (Å²) in [5.41, 5.74) is 2.49. The highest BCUT2D eigenvalue weighted by molar-refractivity contribution is 5.92. The maximum Gasteiger partial charge on any atom is 0.274 e. The van der Waals surface area contributed by atoms with Gasteiger partial charge in [-0.2, -0.15) is 0 Å². The number of rotatable bonds is 4. The molecule has 3 rings (SSSR count). The van der Waals surface area contributed by atoms with Crippen molar-refractivity contribution in [2.45, 2.75) is 13.5 Å². The second-order valence-corrected chi connectivity index (χ2v) is 5.96. The van der Waals surface area contributed by atoms with Gasteiger partial charge in [-0.1, -0.05) is 12.1 Å². The smallest absolute Gasteiger partial charge is 0.274 e. The molecule has 0 N–H and O–H groups in total. The molecule has 0 saturated carbocycles. The fourth-order valence-corrected chi connectivity index (χ4v) is 2.76. The molecular weight excluding hydrogens is 304 g/mol. The predicted octanol–water partition coefficient (Wildman–Crippen LogP) is 1.75. The van der Waals surface area contributed by atoms with Crippen LogP contribution in [0.2, 0.25) is 0 Å². The molecule has 2 aromatic rings. The van der Waals surface area contributed by atoms with E-state index in [0.717, 1.165) is 31.1 Å². The van der Waals surface area contributed by atoms with Gasteiger partial charge < -0.3 is 9.64 Å². The van der Waals surface area contributed by atoms with Crippen molar-refractivity contribution in [3.63, 3.8) is 0 Å². The van der Waals surface area contributed by atoms with E-state index in [1.165, 1.54) is 5.56 Å². The molecule has 0 unspecified atom stereocenters. The van der Waals surface area contributed by atoms with Crippen LogP contribution in [-0.2, 0) is 6.54 Å². The van der Waals surface area contributed by atoms with E-state index in [9.17, 15) is 4.79 Å². The zero-order valence-corrected chi connectivity index (χ0v) is 14.1. The van der Waals surface area contributed by atoms with Crippen molar-refractivity contribution in [3.05, 3.63) is 53.6 Å². The van der Waals surface area contributed by atoms with Crippen LogP contribution in [0.5, 0.6) is 5.75 Å².